The van der Waals surface area contributed by atoms with Gasteiger partial charge in [-0.25, -0.2) is 14.1 Å². The third-order valence-corrected chi connectivity index (χ3v) is 5.79. The zero-order valence-corrected chi connectivity index (χ0v) is 22.0. The molecular weight excluding hydrogens is 459 g/mol. The second kappa shape index (κ2) is 14.3. The second-order valence-electron chi connectivity index (χ2n) is 7.89. The Kier molecular flexibility index (Phi) is 11.4. The Bertz CT molecular complexity index is 1140. The van der Waals surface area contributed by atoms with Gasteiger partial charge in [0.05, 0.1) is 28.6 Å². The van der Waals surface area contributed by atoms with Crippen molar-refractivity contribution < 1.29 is 9.18 Å². The van der Waals surface area contributed by atoms with E-state index in [1.165, 1.54) is 18.6 Å². The molecule has 3 rings (SSSR count). The topological polar surface area (TPSA) is 59.8 Å². The van der Waals surface area contributed by atoms with Crippen LogP contribution in [0.3, 0.4) is 0 Å². The first-order chi connectivity index (χ1) is 16.9. The highest BCUT2D eigenvalue weighted by molar-refractivity contribution is 7.98. The van der Waals surface area contributed by atoms with E-state index in [0.29, 0.717) is 22.5 Å². The molecule has 0 aliphatic heterocycles. The van der Waals surface area contributed by atoms with Gasteiger partial charge in [0, 0.05) is 17.3 Å². The van der Waals surface area contributed by atoms with Gasteiger partial charge in [0.15, 0.2) is 0 Å². The summed E-state index contributed by atoms with van der Waals surface area (Å²) in [6.07, 6.45) is 11.8. The van der Waals surface area contributed by atoms with Crippen molar-refractivity contribution in [3.8, 4) is 5.69 Å². The molecule has 5 nitrogen and oxygen atoms in total. The average molecular weight is 495 g/mol. The summed E-state index contributed by atoms with van der Waals surface area (Å²) in [6.45, 7) is 12.1. The summed E-state index contributed by atoms with van der Waals surface area (Å²) in [5.41, 5.74) is 3.56. The van der Waals surface area contributed by atoms with E-state index >= 15 is 0 Å². The Hall–Kier alpha value is -3.19. The van der Waals surface area contributed by atoms with E-state index in [9.17, 15) is 9.18 Å². The highest BCUT2D eigenvalue weighted by Gasteiger charge is 2.22. The predicted octanol–water partition coefficient (Wildman–Crippen LogP) is 7.25. The lowest BCUT2D eigenvalue weighted by molar-refractivity contribution is -0.116. The summed E-state index contributed by atoms with van der Waals surface area (Å²) >= 11 is 1.57. The van der Waals surface area contributed by atoms with Crippen LogP contribution in [0.5, 0.6) is 0 Å². The van der Waals surface area contributed by atoms with Gasteiger partial charge in [-0.1, -0.05) is 46.3 Å². The van der Waals surface area contributed by atoms with E-state index < -0.39 is 0 Å². The number of hydrogen-bond donors (Lipinski definition) is 1. The van der Waals surface area contributed by atoms with Crippen LogP contribution in [0.2, 0.25) is 0 Å². The molecule has 1 N–H and O–H groups in total. The Balaban J connectivity index is 0.00000137. The maximum atomic E-state index is 13.3. The standard InChI is InChI=1S/C25H27FN4OS.C3H8/c1-5-8-22(17-13-14-27-24(15-17)32-4)29-25(31)20(6-2)21-16-28-30(23(21)7-3)19-11-9-18(26)10-12-19;1-3-2/h6-7,9-16,22H,3,5,8H2,1-2,4H3,(H,29,31);3H2,1-2H3/b20-6+;. The summed E-state index contributed by atoms with van der Waals surface area (Å²) < 4.78 is 15.0. The number of halogens is 1. The molecule has 0 radical (unpaired) electrons. The smallest absolute Gasteiger partial charge is 0.252 e. The largest absolute Gasteiger partial charge is 0.345 e. The van der Waals surface area contributed by atoms with E-state index in [2.05, 4.69) is 42.7 Å². The molecule has 7 heteroatoms. The summed E-state index contributed by atoms with van der Waals surface area (Å²) in [5.74, 6) is -0.507. The van der Waals surface area contributed by atoms with E-state index in [1.54, 1.807) is 53.1 Å². The molecular formula is C28H35FN4OS. The number of allylic oxidation sites excluding steroid dienone is 1. The minimum Gasteiger partial charge on any atom is -0.345 e. The number of carbonyl (C=O) groups excluding carboxylic acids is 1. The fourth-order valence-electron chi connectivity index (χ4n) is 3.56. The van der Waals surface area contributed by atoms with Crippen LogP contribution >= 0.6 is 11.8 Å². The van der Waals surface area contributed by atoms with Crippen molar-refractivity contribution >= 4 is 29.3 Å². The number of nitrogens with one attached hydrogen (secondary N) is 1. The quantitative estimate of drug-likeness (QED) is 0.251. The first-order valence-electron chi connectivity index (χ1n) is 11.9. The number of thioether (sulfide) groups is 1. The number of benzene rings is 1. The minimum absolute atomic E-state index is 0.129. The zero-order valence-electron chi connectivity index (χ0n) is 21.2. The van der Waals surface area contributed by atoms with Crippen LogP contribution < -0.4 is 5.32 Å². The fourth-order valence-corrected chi connectivity index (χ4v) is 3.98. The van der Waals surface area contributed by atoms with Crippen LogP contribution in [0.25, 0.3) is 17.3 Å². The molecule has 186 valence electrons. The molecule has 0 aliphatic rings. The van der Waals surface area contributed by atoms with Gasteiger partial charge in [0.2, 0.25) is 0 Å². The summed E-state index contributed by atoms with van der Waals surface area (Å²) in [4.78, 5) is 17.7. The van der Waals surface area contributed by atoms with E-state index in [4.69, 9.17) is 0 Å². The van der Waals surface area contributed by atoms with Crippen LogP contribution in [0.1, 0.15) is 69.8 Å². The van der Waals surface area contributed by atoms with E-state index in [-0.39, 0.29) is 17.8 Å². The lowest BCUT2D eigenvalue weighted by Crippen LogP contribution is -2.29. The SMILES string of the molecule is C=Cc1c(/C(=C\C)C(=O)NC(CCC)c2ccnc(SC)c2)cnn1-c1ccc(F)cc1.CCC. The summed E-state index contributed by atoms with van der Waals surface area (Å²) in [5, 5.41) is 8.52. The van der Waals surface area contributed by atoms with Crippen LogP contribution in [-0.2, 0) is 4.79 Å². The molecule has 1 amide bonds. The van der Waals surface area contributed by atoms with Gasteiger partial charge in [-0.15, -0.1) is 11.8 Å². The lowest BCUT2D eigenvalue weighted by Gasteiger charge is -2.20. The number of hydrogen-bond acceptors (Lipinski definition) is 4. The molecule has 1 aromatic carbocycles. The highest BCUT2D eigenvalue weighted by atomic mass is 32.2. The van der Waals surface area contributed by atoms with Crippen molar-refractivity contribution in [2.75, 3.05) is 6.26 Å². The number of rotatable bonds is 9. The van der Waals surface area contributed by atoms with Crippen molar-refractivity contribution in [1.29, 1.82) is 0 Å². The molecule has 0 fully saturated rings. The molecule has 35 heavy (non-hydrogen) atoms. The Morgan fingerprint density at radius 3 is 2.49 bits per heavy atom. The average Bonchev–Trinajstić information content (AvgIpc) is 3.29. The van der Waals surface area contributed by atoms with Crippen LogP contribution in [0, 0.1) is 5.82 Å². The Labute approximate surface area is 212 Å². The molecule has 2 heterocycles. The van der Waals surface area contributed by atoms with Crippen molar-refractivity contribution in [2.45, 2.75) is 58.0 Å². The number of amides is 1. The Morgan fingerprint density at radius 2 is 1.91 bits per heavy atom. The molecule has 3 aromatic rings. The number of carbonyl (C=O) groups is 1. The minimum atomic E-state index is -0.322. The molecule has 1 atom stereocenters. The van der Waals surface area contributed by atoms with E-state index in [1.807, 2.05) is 25.3 Å². The van der Waals surface area contributed by atoms with Gasteiger partial charge in [-0.05, 0) is 67.6 Å². The summed E-state index contributed by atoms with van der Waals surface area (Å²) in [6, 6.07) is 9.85. The maximum absolute atomic E-state index is 13.3. The molecule has 1 unspecified atom stereocenters. The number of pyridine rings is 1. The molecule has 0 aliphatic carbocycles. The van der Waals surface area contributed by atoms with Crippen molar-refractivity contribution in [1.82, 2.24) is 20.1 Å². The third kappa shape index (κ3) is 7.39. The first-order valence-corrected chi connectivity index (χ1v) is 13.1. The normalized spacial score (nSPS) is 11.9. The van der Waals surface area contributed by atoms with Gasteiger partial charge in [-0.3, -0.25) is 4.79 Å². The van der Waals surface area contributed by atoms with Crippen LogP contribution in [0.4, 0.5) is 4.39 Å². The van der Waals surface area contributed by atoms with Gasteiger partial charge in [0.1, 0.15) is 5.82 Å². The molecule has 0 saturated carbocycles. The highest BCUT2D eigenvalue weighted by Crippen LogP contribution is 2.26. The molecule has 2 aromatic heterocycles. The second-order valence-corrected chi connectivity index (χ2v) is 8.72. The number of nitrogens with zero attached hydrogens (tertiary/aromatic N) is 3. The lowest BCUT2D eigenvalue weighted by atomic mass is 10.0. The summed E-state index contributed by atoms with van der Waals surface area (Å²) in [7, 11) is 0. The predicted molar refractivity (Wildman–Crippen MR) is 145 cm³/mol. The first kappa shape index (κ1) is 28.1. The van der Waals surface area contributed by atoms with Gasteiger partial charge in [-0.2, -0.15) is 5.10 Å². The fraction of sp³-hybridized carbons (Fsp3) is 0.321. The monoisotopic (exact) mass is 494 g/mol. The third-order valence-electron chi connectivity index (χ3n) is 5.15. The Morgan fingerprint density at radius 1 is 1.23 bits per heavy atom. The van der Waals surface area contributed by atoms with Crippen molar-refractivity contribution in [3.63, 3.8) is 0 Å². The van der Waals surface area contributed by atoms with Gasteiger partial charge >= 0.3 is 0 Å². The van der Waals surface area contributed by atoms with Crippen molar-refractivity contribution in [2.24, 2.45) is 0 Å². The molecule has 0 bridgehead atoms. The van der Waals surface area contributed by atoms with Crippen molar-refractivity contribution in [3.05, 3.63) is 84.1 Å². The van der Waals surface area contributed by atoms with E-state index in [0.717, 1.165) is 23.4 Å². The maximum Gasteiger partial charge on any atom is 0.252 e. The molecule has 0 spiro atoms. The van der Waals surface area contributed by atoms with Gasteiger partial charge in [0.25, 0.3) is 5.91 Å². The number of aromatic nitrogens is 3. The van der Waals surface area contributed by atoms with Gasteiger partial charge < -0.3 is 5.32 Å². The molecule has 0 saturated heterocycles. The van der Waals surface area contributed by atoms with Crippen LogP contribution in [-0.4, -0.2) is 26.9 Å². The van der Waals surface area contributed by atoms with Crippen LogP contribution in [0.15, 0.2) is 66.5 Å². The zero-order chi connectivity index (χ0) is 25.8.